The van der Waals surface area contributed by atoms with E-state index >= 15 is 0 Å². The van der Waals surface area contributed by atoms with Gasteiger partial charge < -0.3 is 19.6 Å². The average Bonchev–Trinajstić information content (AvgIpc) is 3.12. The number of H-pyrrole nitrogens is 1. The van der Waals surface area contributed by atoms with Crippen molar-refractivity contribution in [1.29, 1.82) is 0 Å². The van der Waals surface area contributed by atoms with Gasteiger partial charge in [-0.2, -0.15) is 0 Å². The van der Waals surface area contributed by atoms with Crippen LogP contribution < -0.4 is 4.74 Å². The van der Waals surface area contributed by atoms with Gasteiger partial charge >= 0.3 is 5.97 Å². The summed E-state index contributed by atoms with van der Waals surface area (Å²) in [6.45, 7) is 1.06. The second kappa shape index (κ2) is 4.40. The first-order chi connectivity index (χ1) is 9.19. The molecule has 6 heteroatoms. The lowest BCUT2D eigenvalue weighted by Gasteiger charge is -2.07. The number of epoxide rings is 1. The van der Waals surface area contributed by atoms with E-state index in [0.717, 1.165) is 0 Å². The number of nitrogens with one attached hydrogen (secondary N) is 1. The van der Waals surface area contributed by atoms with Gasteiger partial charge in [-0.25, -0.2) is 4.79 Å². The lowest BCUT2D eigenvalue weighted by Crippen LogP contribution is -2.05. The maximum Gasteiger partial charge on any atom is 0.352 e. The Hall–Kier alpha value is -2.34. The Balaban J connectivity index is 2.02. The molecule has 0 unspecified atom stereocenters. The number of aldehydes is 1. The van der Waals surface area contributed by atoms with E-state index in [4.69, 9.17) is 14.6 Å². The number of carbonyl (C=O) groups excluding carboxylic acids is 1. The molecule has 19 heavy (non-hydrogen) atoms. The fourth-order valence-corrected chi connectivity index (χ4v) is 1.92. The van der Waals surface area contributed by atoms with Crippen LogP contribution in [-0.4, -0.2) is 41.7 Å². The summed E-state index contributed by atoms with van der Waals surface area (Å²) >= 11 is 0. The summed E-state index contributed by atoms with van der Waals surface area (Å²) in [4.78, 5) is 24.9. The van der Waals surface area contributed by atoms with E-state index in [2.05, 4.69) is 4.98 Å². The highest BCUT2D eigenvalue weighted by molar-refractivity contribution is 6.03. The van der Waals surface area contributed by atoms with E-state index in [1.807, 2.05) is 0 Å². The number of aromatic carboxylic acids is 1. The Morgan fingerprint density at radius 1 is 1.58 bits per heavy atom. The predicted molar refractivity (Wildman–Crippen MR) is 65.9 cm³/mol. The van der Waals surface area contributed by atoms with Crippen LogP contribution in [0.2, 0.25) is 0 Å². The Kier molecular flexibility index (Phi) is 2.72. The zero-order chi connectivity index (χ0) is 13.4. The predicted octanol–water partition coefficient (Wildman–Crippen LogP) is 1.46. The maximum absolute atomic E-state index is 11.2. The van der Waals surface area contributed by atoms with Crippen LogP contribution >= 0.6 is 0 Å². The third-order valence-electron chi connectivity index (χ3n) is 2.98. The molecule has 1 aliphatic heterocycles. The minimum atomic E-state index is -1.07. The minimum absolute atomic E-state index is 0.0424. The number of benzene rings is 1. The van der Waals surface area contributed by atoms with Gasteiger partial charge in [0.1, 0.15) is 24.2 Å². The number of carboxylic acid groups (broad SMARTS) is 1. The van der Waals surface area contributed by atoms with E-state index in [-0.39, 0.29) is 11.8 Å². The second-order valence-electron chi connectivity index (χ2n) is 4.31. The normalized spacial score (nSPS) is 17.4. The number of rotatable bonds is 5. The topological polar surface area (TPSA) is 91.9 Å². The third-order valence-corrected chi connectivity index (χ3v) is 2.98. The first-order valence-electron chi connectivity index (χ1n) is 5.77. The van der Waals surface area contributed by atoms with Crippen LogP contribution in [0.4, 0.5) is 0 Å². The molecule has 0 spiro atoms. The molecule has 2 heterocycles. The monoisotopic (exact) mass is 261 g/mol. The molecule has 1 saturated heterocycles. The summed E-state index contributed by atoms with van der Waals surface area (Å²) in [7, 11) is 0. The fourth-order valence-electron chi connectivity index (χ4n) is 1.92. The molecule has 3 rings (SSSR count). The smallest absolute Gasteiger partial charge is 0.352 e. The summed E-state index contributed by atoms with van der Waals surface area (Å²) in [6, 6.07) is 4.77. The van der Waals surface area contributed by atoms with Crippen molar-refractivity contribution in [2.24, 2.45) is 0 Å². The number of aromatic amines is 1. The maximum atomic E-state index is 11.2. The number of carboxylic acids is 1. The highest BCUT2D eigenvalue weighted by atomic mass is 16.6. The Bertz CT molecular complexity index is 656. The molecular weight excluding hydrogens is 250 g/mol. The van der Waals surface area contributed by atoms with Crippen molar-refractivity contribution in [2.75, 3.05) is 13.2 Å². The molecule has 1 atom stereocenters. The van der Waals surface area contributed by atoms with E-state index < -0.39 is 5.97 Å². The number of carbonyl (C=O) groups is 2. The Morgan fingerprint density at radius 3 is 3.00 bits per heavy atom. The molecule has 0 amide bonds. The van der Waals surface area contributed by atoms with E-state index in [9.17, 15) is 9.59 Å². The lowest BCUT2D eigenvalue weighted by atomic mass is 10.1. The van der Waals surface area contributed by atoms with Gasteiger partial charge in [-0.3, -0.25) is 4.79 Å². The second-order valence-corrected chi connectivity index (χ2v) is 4.31. The van der Waals surface area contributed by atoms with Crippen molar-refractivity contribution in [3.8, 4) is 5.75 Å². The minimum Gasteiger partial charge on any atom is -0.490 e. The average molecular weight is 261 g/mol. The van der Waals surface area contributed by atoms with Gasteiger partial charge in [0.25, 0.3) is 0 Å². The molecule has 6 nitrogen and oxygen atoms in total. The number of aromatic nitrogens is 1. The van der Waals surface area contributed by atoms with Crippen LogP contribution in [0.1, 0.15) is 20.8 Å². The number of hydrogen-bond acceptors (Lipinski definition) is 4. The quantitative estimate of drug-likeness (QED) is 0.628. The van der Waals surface area contributed by atoms with Crippen LogP contribution in [0.15, 0.2) is 18.2 Å². The van der Waals surface area contributed by atoms with Crippen LogP contribution in [-0.2, 0) is 4.74 Å². The highest BCUT2D eigenvalue weighted by Crippen LogP contribution is 2.28. The number of hydrogen-bond donors (Lipinski definition) is 2. The summed E-state index contributed by atoms with van der Waals surface area (Å²) in [5, 5.41) is 9.48. The van der Waals surface area contributed by atoms with Gasteiger partial charge in [0.15, 0.2) is 6.29 Å². The summed E-state index contributed by atoms with van der Waals surface area (Å²) in [5.41, 5.74) is 0.984. The molecule has 0 saturated carbocycles. The van der Waals surface area contributed by atoms with Crippen LogP contribution in [0, 0.1) is 0 Å². The van der Waals surface area contributed by atoms with Gasteiger partial charge in [-0.05, 0) is 18.2 Å². The molecule has 0 radical (unpaired) electrons. The number of fused-ring (bicyclic) bond motifs is 1. The molecule has 0 bridgehead atoms. The van der Waals surface area contributed by atoms with Crippen molar-refractivity contribution >= 4 is 23.2 Å². The first kappa shape index (κ1) is 11.7. The Labute approximate surface area is 107 Å². The van der Waals surface area contributed by atoms with Gasteiger partial charge in [0.2, 0.25) is 0 Å². The largest absolute Gasteiger partial charge is 0.490 e. The molecular formula is C13H11NO5. The zero-order valence-corrected chi connectivity index (χ0v) is 9.88. The molecule has 1 fully saturated rings. The Morgan fingerprint density at radius 2 is 2.37 bits per heavy atom. The molecule has 2 aromatic rings. The van der Waals surface area contributed by atoms with Crippen molar-refractivity contribution in [3.05, 3.63) is 29.5 Å². The van der Waals surface area contributed by atoms with E-state index in [1.165, 1.54) is 6.07 Å². The van der Waals surface area contributed by atoms with Crippen LogP contribution in [0.3, 0.4) is 0 Å². The first-order valence-corrected chi connectivity index (χ1v) is 5.77. The van der Waals surface area contributed by atoms with Gasteiger partial charge in [0.05, 0.1) is 12.2 Å². The molecule has 1 aliphatic rings. The van der Waals surface area contributed by atoms with Crippen molar-refractivity contribution < 1.29 is 24.2 Å². The standard InChI is InChI=1S/C13H11NO5/c15-4-9-8-3-11(13(16)17)14-10(8)1-2-12(9)19-6-7-5-18-7/h1-4,7,14H,5-6H2,(H,16,17)/t7-/m0/s1. The lowest BCUT2D eigenvalue weighted by molar-refractivity contribution is 0.0691. The van der Waals surface area contributed by atoms with Crippen LogP contribution in [0.5, 0.6) is 5.75 Å². The summed E-state index contributed by atoms with van der Waals surface area (Å²) < 4.78 is 10.5. The molecule has 98 valence electrons. The molecule has 1 aromatic heterocycles. The van der Waals surface area contributed by atoms with Crippen LogP contribution in [0.25, 0.3) is 10.9 Å². The highest BCUT2D eigenvalue weighted by Gasteiger charge is 2.24. The molecule has 0 aliphatic carbocycles. The van der Waals surface area contributed by atoms with Gasteiger partial charge in [-0.15, -0.1) is 0 Å². The van der Waals surface area contributed by atoms with Crippen molar-refractivity contribution in [2.45, 2.75) is 6.10 Å². The fraction of sp³-hybridized carbons (Fsp3) is 0.231. The van der Waals surface area contributed by atoms with Gasteiger partial charge in [-0.1, -0.05) is 0 Å². The van der Waals surface area contributed by atoms with Crippen molar-refractivity contribution in [1.82, 2.24) is 4.98 Å². The van der Waals surface area contributed by atoms with E-state index in [1.54, 1.807) is 12.1 Å². The van der Waals surface area contributed by atoms with E-state index in [0.29, 0.717) is 41.7 Å². The SMILES string of the molecule is O=Cc1c(OC[C@@H]2CO2)ccc2[nH]c(C(=O)O)cc12. The molecule has 1 aromatic carbocycles. The van der Waals surface area contributed by atoms with Gasteiger partial charge in [0, 0.05) is 10.9 Å². The summed E-state index contributed by atoms with van der Waals surface area (Å²) in [5.74, 6) is -0.629. The zero-order valence-electron chi connectivity index (χ0n) is 9.88. The number of ether oxygens (including phenoxy) is 2. The third kappa shape index (κ3) is 2.17. The van der Waals surface area contributed by atoms with Crippen molar-refractivity contribution in [3.63, 3.8) is 0 Å². The summed E-state index contributed by atoms with van der Waals surface area (Å²) in [6.07, 6.45) is 0.765. The molecule has 2 N–H and O–H groups in total.